The van der Waals surface area contributed by atoms with Crippen LogP contribution in [0.1, 0.15) is 0 Å². The van der Waals surface area contributed by atoms with Crippen molar-refractivity contribution in [3.8, 4) is 11.6 Å². The van der Waals surface area contributed by atoms with Crippen LogP contribution in [0, 0.1) is 3.57 Å². The van der Waals surface area contributed by atoms with E-state index < -0.39 is 0 Å². The van der Waals surface area contributed by atoms with Crippen LogP contribution in [0.5, 0.6) is 11.6 Å². The molecule has 0 unspecified atom stereocenters. The molecule has 0 aliphatic rings. The van der Waals surface area contributed by atoms with Gasteiger partial charge in [-0.05, 0) is 62.8 Å². The number of nitrogen functional groups attached to an aromatic ring is 1. The monoisotopic (exact) mass is 406 g/mol. The third-order valence-electron chi connectivity index (χ3n) is 1.92. The van der Waals surface area contributed by atoms with Crippen molar-refractivity contribution in [2.75, 3.05) is 5.43 Å². The highest BCUT2D eigenvalue weighted by Crippen LogP contribution is 2.31. The smallest absolute Gasteiger partial charge is 0.238 e. The van der Waals surface area contributed by atoms with E-state index in [1.54, 1.807) is 0 Å². The number of halogens is 2. The quantitative estimate of drug-likeness (QED) is 0.465. The Morgan fingerprint density at radius 3 is 2.59 bits per heavy atom. The Bertz CT molecular complexity index is 520. The van der Waals surface area contributed by atoms with Gasteiger partial charge >= 0.3 is 0 Å². The lowest BCUT2D eigenvalue weighted by Gasteiger charge is -2.08. The number of hydrogen-bond acceptors (Lipinski definition) is 5. The van der Waals surface area contributed by atoms with Gasteiger partial charge in [0.25, 0.3) is 0 Å². The molecule has 0 amide bonds. The van der Waals surface area contributed by atoms with Gasteiger partial charge in [0.1, 0.15) is 16.5 Å². The maximum atomic E-state index is 5.61. The molecule has 7 heteroatoms. The Balaban J connectivity index is 2.27. The number of nitrogens with zero attached hydrogens (tertiary/aromatic N) is 2. The molecule has 1 heterocycles. The summed E-state index contributed by atoms with van der Waals surface area (Å²) in [6.07, 6.45) is 1.38. The van der Waals surface area contributed by atoms with Crippen molar-refractivity contribution >= 4 is 44.3 Å². The minimum absolute atomic E-state index is 0.411. The summed E-state index contributed by atoms with van der Waals surface area (Å²) < 4.78 is 7.33. The van der Waals surface area contributed by atoms with Gasteiger partial charge in [-0.15, -0.1) is 0 Å². The van der Waals surface area contributed by atoms with Gasteiger partial charge in [0.05, 0.1) is 0 Å². The highest BCUT2D eigenvalue weighted by molar-refractivity contribution is 14.1. The fourth-order valence-corrected chi connectivity index (χ4v) is 1.90. The van der Waals surface area contributed by atoms with Crippen LogP contribution in [0.25, 0.3) is 0 Å². The van der Waals surface area contributed by atoms with Crippen LogP contribution in [0.15, 0.2) is 35.1 Å². The first-order valence-electron chi connectivity index (χ1n) is 4.61. The predicted octanol–water partition coefficient (Wildman–Crippen LogP) is 2.92. The van der Waals surface area contributed by atoms with Crippen LogP contribution in [-0.4, -0.2) is 9.97 Å². The summed E-state index contributed by atoms with van der Waals surface area (Å²) in [5.41, 5.74) is 2.45. The van der Waals surface area contributed by atoms with Crippen LogP contribution < -0.4 is 16.0 Å². The number of nitrogens with one attached hydrogen (secondary N) is 1. The molecule has 0 bridgehead atoms. The number of benzene rings is 1. The molecule has 0 atom stereocenters. The Labute approximate surface area is 120 Å². The second kappa shape index (κ2) is 5.61. The number of ether oxygens (including phenoxy) is 1. The van der Waals surface area contributed by atoms with Crippen molar-refractivity contribution in [3.63, 3.8) is 0 Å². The van der Waals surface area contributed by atoms with Crippen LogP contribution in [-0.2, 0) is 0 Å². The molecule has 5 nitrogen and oxygen atoms in total. The highest BCUT2D eigenvalue weighted by Gasteiger charge is 2.09. The summed E-state index contributed by atoms with van der Waals surface area (Å²) >= 11 is 5.55. The average Bonchev–Trinajstić information content (AvgIpc) is 2.35. The average molecular weight is 407 g/mol. The van der Waals surface area contributed by atoms with Crippen LogP contribution >= 0.6 is 38.5 Å². The SMILES string of the molecule is NNc1ncnc(Oc2ccc(I)cc2)c1Br. The summed E-state index contributed by atoms with van der Waals surface area (Å²) in [5, 5.41) is 0. The fourth-order valence-electron chi connectivity index (χ4n) is 1.14. The van der Waals surface area contributed by atoms with E-state index in [1.165, 1.54) is 6.33 Å². The summed E-state index contributed by atoms with van der Waals surface area (Å²) in [6.45, 7) is 0. The second-order valence-corrected chi connectivity index (χ2v) is 5.08. The summed E-state index contributed by atoms with van der Waals surface area (Å²) in [6, 6.07) is 7.64. The van der Waals surface area contributed by atoms with E-state index in [2.05, 4.69) is 53.9 Å². The molecule has 2 aromatic rings. The van der Waals surface area contributed by atoms with Crippen molar-refractivity contribution in [3.05, 3.63) is 38.6 Å². The third-order valence-corrected chi connectivity index (χ3v) is 3.36. The van der Waals surface area contributed by atoms with Gasteiger partial charge in [-0.3, -0.25) is 0 Å². The number of hydrazine groups is 1. The maximum Gasteiger partial charge on any atom is 0.238 e. The lowest BCUT2D eigenvalue weighted by Crippen LogP contribution is -2.09. The zero-order valence-electron chi connectivity index (χ0n) is 8.52. The van der Waals surface area contributed by atoms with Gasteiger partial charge in [-0.2, -0.15) is 0 Å². The topological polar surface area (TPSA) is 73.1 Å². The number of anilines is 1. The number of rotatable bonds is 3. The largest absolute Gasteiger partial charge is 0.438 e. The summed E-state index contributed by atoms with van der Waals surface area (Å²) in [4.78, 5) is 7.96. The number of hydrogen-bond donors (Lipinski definition) is 2. The fraction of sp³-hybridized carbons (Fsp3) is 0. The third kappa shape index (κ3) is 3.05. The molecule has 3 N–H and O–H groups in total. The lowest BCUT2D eigenvalue weighted by molar-refractivity contribution is 0.458. The van der Waals surface area contributed by atoms with E-state index in [-0.39, 0.29) is 0 Å². The van der Waals surface area contributed by atoms with E-state index in [0.29, 0.717) is 21.9 Å². The van der Waals surface area contributed by atoms with Crippen molar-refractivity contribution < 1.29 is 4.74 Å². The van der Waals surface area contributed by atoms with Gasteiger partial charge in [0, 0.05) is 3.57 Å². The molecule has 0 saturated heterocycles. The van der Waals surface area contributed by atoms with Crippen molar-refractivity contribution in [2.24, 2.45) is 5.84 Å². The molecule has 0 aliphatic heterocycles. The molecular formula is C10H8BrIN4O. The van der Waals surface area contributed by atoms with Crippen LogP contribution in [0.3, 0.4) is 0 Å². The van der Waals surface area contributed by atoms with E-state index in [9.17, 15) is 0 Å². The minimum atomic E-state index is 0.411. The molecule has 0 aliphatic carbocycles. The molecule has 2 rings (SSSR count). The van der Waals surface area contributed by atoms with E-state index in [0.717, 1.165) is 3.57 Å². The zero-order valence-corrected chi connectivity index (χ0v) is 12.3. The van der Waals surface area contributed by atoms with Gasteiger partial charge in [0.15, 0.2) is 5.82 Å². The Morgan fingerprint density at radius 1 is 1.24 bits per heavy atom. The lowest BCUT2D eigenvalue weighted by atomic mass is 10.3. The second-order valence-electron chi connectivity index (χ2n) is 3.04. The van der Waals surface area contributed by atoms with Crippen molar-refractivity contribution in [1.29, 1.82) is 0 Å². The molecule has 0 saturated carbocycles. The summed E-state index contributed by atoms with van der Waals surface area (Å²) in [7, 11) is 0. The standard InChI is InChI=1S/C10H8BrIN4O/c11-8-9(16-13)14-5-15-10(8)17-7-3-1-6(12)2-4-7/h1-5H,13H2,(H,14,15,16). The Hall–Kier alpha value is -0.930. The molecule has 0 fully saturated rings. The van der Waals surface area contributed by atoms with E-state index >= 15 is 0 Å². The van der Waals surface area contributed by atoms with E-state index in [4.69, 9.17) is 10.6 Å². The Morgan fingerprint density at radius 2 is 1.94 bits per heavy atom. The van der Waals surface area contributed by atoms with Crippen molar-refractivity contribution in [1.82, 2.24) is 9.97 Å². The predicted molar refractivity (Wildman–Crippen MR) is 76.8 cm³/mol. The van der Waals surface area contributed by atoms with Gasteiger partial charge in [-0.1, -0.05) is 0 Å². The molecule has 1 aromatic heterocycles. The van der Waals surface area contributed by atoms with E-state index in [1.807, 2.05) is 24.3 Å². The molecular weight excluding hydrogens is 399 g/mol. The molecule has 17 heavy (non-hydrogen) atoms. The number of nitrogens with two attached hydrogens (primary N) is 1. The molecule has 88 valence electrons. The first-order chi connectivity index (χ1) is 8.20. The zero-order chi connectivity index (χ0) is 12.3. The van der Waals surface area contributed by atoms with Crippen molar-refractivity contribution in [2.45, 2.75) is 0 Å². The highest BCUT2D eigenvalue weighted by atomic mass is 127. The summed E-state index contributed by atoms with van der Waals surface area (Å²) in [5.74, 6) is 6.89. The first kappa shape index (κ1) is 12.5. The number of aromatic nitrogens is 2. The molecule has 1 aromatic carbocycles. The maximum absolute atomic E-state index is 5.61. The van der Waals surface area contributed by atoms with Gasteiger partial charge in [0.2, 0.25) is 5.88 Å². The van der Waals surface area contributed by atoms with Crippen LogP contribution in [0.4, 0.5) is 5.82 Å². The normalized spacial score (nSPS) is 10.1. The van der Waals surface area contributed by atoms with Gasteiger partial charge in [-0.25, -0.2) is 15.8 Å². The van der Waals surface area contributed by atoms with Gasteiger partial charge < -0.3 is 10.2 Å². The minimum Gasteiger partial charge on any atom is -0.438 e. The Kier molecular flexibility index (Phi) is 4.13. The van der Waals surface area contributed by atoms with Crippen LogP contribution in [0.2, 0.25) is 0 Å². The molecule has 0 spiro atoms. The molecule has 0 radical (unpaired) electrons. The first-order valence-corrected chi connectivity index (χ1v) is 6.48.